The smallest absolute Gasteiger partial charge is 0.222 e. The first-order valence-electron chi connectivity index (χ1n) is 5.98. The number of aromatic nitrogens is 1. The van der Waals surface area contributed by atoms with Crippen LogP contribution in [-0.4, -0.2) is 28.9 Å². The van der Waals surface area contributed by atoms with Crippen molar-refractivity contribution >= 4 is 17.2 Å². The van der Waals surface area contributed by atoms with E-state index in [0.29, 0.717) is 18.2 Å². The van der Waals surface area contributed by atoms with Gasteiger partial charge < -0.3 is 4.90 Å². The first-order chi connectivity index (χ1) is 7.81. The van der Waals surface area contributed by atoms with E-state index in [0.717, 1.165) is 32.4 Å². The van der Waals surface area contributed by atoms with Crippen molar-refractivity contribution in [3.63, 3.8) is 0 Å². The fourth-order valence-corrected chi connectivity index (χ4v) is 2.99. The number of rotatable bonds is 3. The van der Waals surface area contributed by atoms with Gasteiger partial charge in [0.15, 0.2) is 0 Å². The number of amides is 1. The third kappa shape index (κ3) is 2.61. The molecular formula is C12H18N2OS. The van der Waals surface area contributed by atoms with Crippen molar-refractivity contribution in [1.82, 2.24) is 9.88 Å². The lowest BCUT2D eigenvalue weighted by Crippen LogP contribution is -2.37. The fraction of sp³-hybridized carbons (Fsp3) is 0.667. The highest BCUT2D eigenvalue weighted by molar-refractivity contribution is 7.09. The summed E-state index contributed by atoms with van der Waals surface area (Å²) in [5.41, 5.74) is 0. The average Bonchev–Trinajstić information content (AvgIpc) is 2.83. The average molecular weight is 238 g/mol. The highest BCUT2D eigenvalue weighted by atomic mass is 32.1. The van der Waals surface area contributed by atoms with E-state index in [1.54, 1.807) is 11.3 Å². The van der Waals surface area contributed by atoms with Gasteiger partial charge in [0.05, 0.1) is 5.01 Å². The summed E-state index contributed by atoms with van der Waals surface area (Å²) in [6, 6.07) is 0. The summed E-state index contributed by atoms with van der Waals surface area (Å²) >= 11 is 1.73. The number of nitrogens with zero attached hydrogens (tertiary/aromatic N) is 2. The van der Waals surface area contributed by atoms with Gasteiger partial charge in [0.2, 0.25) is 5.91 Å². The maximum absolute atomic E-state index is 11.7. The van der Waals surface area contributed by atoms with E-state index in [4.69, 9.17) is 0 Å². The minimum Gasteiger partial charge on any atom is -0.343 e. The zero-order valence-electron chi connectivity index (χ0n) is 9.69. The van der Waals surface area contributed by atoms with Crippen LogP contribution in [0.2, 0.25) is 0 Å². The molecule has 0 unspecified atom stereocenters. The fourth-order valence-electron chi connectivity index (χ4n) is 2.18. The summed E-state index contributed by atoms with van der Waals surface area (Å²) in [5.74, 6) is 0.894. The highest BCUT2D eigenvalue weighted by Gasteiger charge is 2.24. The van der Waals surface area contributed by atoms with Gasteiger partial charge in [0, 0.05) is 37.0 Å². The Kier molecular flexibility index (Phi) is 3.93. The molecule has 0 aromatic carbocycles. The summed E-state index contributed by atoms with van der Waals surface area (Å²) in [4.78, 5) is 18.1. The molecule has 1 aliphatic rings. The molecule has 0 bridgehead atoms. The molecule has 1 amide bonds. The van der Waals surface area contributed by atoms with E-state index < -0.39 is 0 Å². The van der Waals surface area contributed by atoms with Crippen LogP contribution in [0.15, 0.2) is 11.6 Å². The van der Waals surface area contributed by atoms with Crippen LogP contribution < -0.4 is 0 Å². The van der Waals surface area contributed by atoms with Gasteiger partial charge in [-0.25, -0.2) is 4.98 Å². The Balaban J connectivity index is 1.85. The van der Waals surface area contributed by atoms with Crippen LogP contribution in [0.25, 0.3) is 0 Å². The quantitative estimate of drug-likeness (QED) is 0.811. The summed E-state index contributed by atoms with van der Waals surface area (Å²) in [7, 11) is 0. The summed E-state index contributed by atoms with van der Waals surface area (Å²) < 4.78 is 0. The molecule has 2 heterocycles. The van der Waals surface area contributed by atoms with Gasteiger partial charge in [-0.15, -0.1) is 11.3 Å². The standard InChI is InChI=1S/C12H18N2OS/c1-2-3-11(15)14-7-4-10(5-8-14)12-13-6-9-16-12/h6,9-10H,2-5,7-8H2,1H3. The number of hydrogen-bond acceptors (Lipinski definition) is 3. The first kappa shape index (κ1) is 11.6. The van der Waals surface area contributed by atoms with Crippen molar-refractivity contribution < 1.29 is 4.79 Å². The predicted octanol–water partition coefficient (Wildman–Crippen LogP) is 2.65. The Morgan fingerprint density at radius 2 is 2.31 bits per heavy atom. The van der Waals surface area contributed by atoms with Crippen LogP contribution >= 0.6 is 11.3 Å². The van der Waals surface area contributed by atoms with Gasteiger partial charge >= 0.3 is 0 Å². The number of likely N-dealkylation sites (tertiary alicyclic amines) is 1. The molecule has 1 aromatic rings. The number of hydrogen-bond donors (Lipinski definition) is 0. The zero-order chi connectivity index (χ0) is 11.4. The molecule has 16 heavy (non-hydrogen) atoms. The summed E-state index contributed by atoms with van der Waals surface area (Å²) in [6.45, 7) is 3.87. The van der Waals surface area contributed by atoms with E-state index in [2.05, 4.69) is 11.9 Å². The van der Waals surface area contributed by atoms with Crippen LogP contribution in [0.5, 0.6) is 0 Å². The highest BCUT2D eigenvalue weighted by Crippen LogP contribution is 2.29. The lowest BCUT2D eigenvalue weighted by molar-refractivity contribution is -0.132. The van der Waals surface area contributed by atoms with Gasteiger partial charge in [-0.3, -0.25) is 4.79 Å². The number of thiazole rings is 1. The monoisotopic (exact) mass is 238 g/mol. The molecule has 2 rings (SSSR count). The van der Waals surface area contributed by atoms with Crippen molar-refractivity contribution in [3.8, 4) is 0 Å². The van der Waals surface area contributed by atoms with Gasteiger partial charge in [0.25, 0.3) is 0 Å². The van der Waals surface area contributed by atoms with E-state index >= 15 is 0 Å². The Labute approximate surface area is 100 Å². The van der Waals surface area contributed by atoms with Crippen molar-refractivity contribution in [2.24, 2.45) is 0 Å². The van der Waals surface area contributed by atoms with Crippen molar-refractivity contribution in [3.05, 3.63) is 16.6 Å². The maximum Gasteiger partial charge on any atom is 0.222 e. The second-order valence-corrected chi connectivity index (χ2v) is 5.20. The minimum absolute atomic E-state index is 0.320. The van der Waals surface area contributed by atoms with E-state index in [1.165, 1.54) is 5.01 Å². The van der Waals surface area contributed by atoms with Crippen molar-refractivity contribution in [2.45, 2.75) is 38.5 Å². The first-order valence-corrected chi connectivity index (χ1v) is 6.86. The minimum atomic E-state index is 0.320. The second kappa shape index (κ2) is 5.43. The van der Waals surface area contributed by atoms with Gasteiger partial charge in [-0.05, 0) is 19.3 Å². The SMILES string of the molecule is CCCC(=O)N1CCC(c2nccs2)CC1. The Hall–Kier alpha value is -0.900. The molecule has 1 aliphatic heterocycles. The van der Waals surface area contributed by atoms with Crippen LogP contribution in [0.3, 0.4) is 0 Å². The third-order valence-electron chi connectivity index (χ3n) is 3.11. The molecule has 4 heteroatoms. The normalized spacial score (nSPS) is 17.7. The number of carbonyl (C=O) groups excluding carboxylic acids is 1. The maximum atomic E-state index is 11.7. The molecule has 0 aliphatic carbocycles. The Morgan fingerprint density at radius 1 is 1.56 bits per heavy atom. The molecule has 0 N–H and O–H groups in total. The van der Waals surface area contributed by atoms with E-state index in [9.17, 15) is 4.79 Å². The van der Waals surface area contributed by atoms with E-state index in [1.807, 2.05) is 16.5 Å². The summed E-state index contributed by atoms with van der Waals surface area (Å²) in [5, 5.41) is 3.27. The topological polar surface area (TPSA) is 33.2 Å². The Bertz CT molecular complexity index is 329. The van der Waals surface area contributed by atoms with Crippen molar-refractivity contribution in [1.29, 1.82) is 0 Å². The molecule has 0 saturated carbocycles. The molecular weight excluding hydrogens is 220 g/mol. The summed E-state index contributed by atoms with van der Waals surface area (Å²) in [6.07, 6.45) is 5.66. The molecule has 0 spiro atoms. The second-order valence-electron chi connectivity index (χ2n) is 4.28. The lowest BCUT2D eigenvalue weighted by atomic mass is 9.97. The van der Waals surface area contributed by atoms with Gasteiger partial charge in [-0.2, -0.15) is 0 Å². The number of piperidine rings is 1. The van der Waals surface area contributed by atoms with Crippen LogP contribution in [0, 0.1) is 0 Å². The molecule has 3 nitrogen and oxygen atoms in total. The largest absolute Gasteiger partial charge is 0.343 e. The zero-order valence-corrected chi connectivity index (χ0v) is 10.5. The van der Waals surface area contributed by atoms with Crippen LogP contribution in [0.1, 0.15) is 43.5 Å². The number of carbonyl (C=O) groups is 1. The predicted molar refractivity (Wildman–Crippen MR) is 65.6 cm³/mol. The van der Waals surface area contributed by atoms with Gasteiger partial charge in [0.1, 0.15) is 0 Å². The van der Waals surface area contributed by atoms with E-state index in [-0.39, 0.29) is 0 Å². The molecule has 1 aromatic heterocycles. The van der Waals surface area contributed by atoms with Gasteiger partial charge in [-0.1, -0.05) is 6.92 Å². The molecule has 1 fully saturated rings. The van der Waals surface area contributed by atoms with Crippen molar-refractivity contribution in [2.75, 3.05) is 13.1 Å². The third-order valence-corrected chi connectivity index (χ3v) is 4.05. The Morgan fingerprint density at radius 3 is 2.88 bits per heavy atom. The molecule has 1 saturated heterocycles. The van der Waals surface area contributed by atoms with Crippen LogP contribution in [-0.2, 0) is 4.79 Å². The molecule has 0 atom stereocenters. The molecule has 88 valence electrons. The molecule has 0 radical (unpaired) electrons. The lowest BCUT2D eigenvalue weighted by Gasteiger charge is -2.31. The van der Waals surface area contributed by atoms with Crippen LogP contribution in [0.4, 0.5) is 0 Å².